The number of benzene rings is 1. The molecule has 1 atom stereocenters. The van der Waals surface area contributed by atoms with Gasteiger partial charge in [0.1, 0.15) is 5.75 Å². The van der Waals surface area contributed by atoms with Crippen molar-refractivity contribution in [2.24, 2.45) is 0 Å². The predicted octanol–water partition coefficient (Wildman–Crippen LogP) is 4.06. The molecule has 0 saturated carbocycles. The van der Waals surface area contributed by atoms with E-state index >= 15 is 0 Å². The number of hydrogen-bond acceptors (Lipinski definition) is 2. The molecule has 1 saturated heterocycles. The Morgan fingerprint density at radius 2 is 1.95 bits per heavy atom. The van der Waals surface area contributed by atoms with E-state index in [-0.39, 0.29) is 0 Å². The third-order valence-corrected chi connectivity index (χ3v) is 4.14. The average molecular weight is 261 g/mol. The van der Waals surface area contributed by atoms with Gasteiger partial charge in [0.15, 0.2) is 0 Å². The zero-order valence-corrected chi connectivity index (χ0v) is 12.4. The highest BCUT2D eigenvalue weighted by atomic mass is 16.5. The highest BCUT2D eigenvalue weighted by Gasteiger charge is 2.11. The standard InChI is InChI=1S/C17H27NO/c1-3-15(2)16-9-4-5-10-17(16)19-14-8-13-18-11-6-7-12-18/h4-5,9-10,15H,3,6-8,11-14H2,1-2H3/t15-/m0/s1. The van der Waals surface area contributed by atoms with Gasteiger partial charge in [-0.2, -0.15) is 0 Å². The van der Waals surface area contributed by atoms with Crippen LogP contribution in [0.2, 0.25) is 0 Å². The third-order valence-electron chi connectivity index (χ3n) is 4.14. The van der Waals surface area contributed by atoms with Crippen molar-refractivity contribution in [3.05, 3.63) is 29.8 Å². The first-order valence-corrected chi connectivity index (χ1v) is 7.75. The van der Waals surface area contributed by atoms with Crippen LogP contribution in [0.5, 0.6) is 5.75 Å². The Balaban J connectivity index is 1.78. The van der Waals surface area contributed by atoms with Crippen molar-refractivity contribution in [1.29, 1.82) is 0 Å². The molecule has 1 aromatic rings. The van der Waals surface area contributed by atoms with Crippen LogP contribution in [0.3, 0.4) is 0 Å². The topological polar surface area (TPSA) is 12.5 Å². The Morgan fingerprint density at radius 1 is 1.21 bits per heavy atom. The van der Waals surface area contributed by atoms with E-state index in [0.717, 1.165) is 25.2 Å². The Hall–Kier alpha value is -1.02. The molecule has 1 aliphatic rings. The lowest BCUT2D eigenvalue weighted by Crippen LogP contribution is -2.22. The van der Waals surface area contributed by atoms with E-state index < -0.39 is 0 Å². The highest BCUT2D eigenvalue weighted by Crippen LogP contribution is 2.28. The van der Waals surface area contributed by atoms with Gasteiger partial charge in [0, 0.05) is 6.54 Å². The Kier molecular flexibility index (Phi) is 5.71. The first kappa shape index (κ1) is 14.4. The van der Waals surface area contributed by atoms with Gasteiger partial charge in [0.25, 0.3) is 0 Å². The lowest BCUT2D eigenvalue weighted by molar-refractivity contribution is 0.261. The molecule has 2 heteroatoms. The average Bonchev–Trinajstić information content (AvgIpc) is 2.96. The van der Waals surface area contributed by atoms with Crippen LogP contribution in [0.15, 0.2) is 24.3 Å². The van der Waals surface area contributed by atoms with E-state index in [4.69, 9.17) is 4.74 Å². The minimum Gasteiger partial charge on any atom is -0.493 e. The smallest absolute Gasteiger partial charge is 0.122 e. The predicted molar refractivity (Wildman–Crippen MR) is 80.9 cm³/mol. The Bertz CT molecular complexity index is 371. The molecule has 0 aliphatic carbocycles. The summed E-state index contributed by atoms with van der Waals surface area (Å²) in [6.45, 7) is 9.09. The molecule has 0 aromatic heterocycles. The Labute approximate surface area is 117 Å². The molecule has 106 valence electrons. The maximum atomic E-state index is 5.99. The van der Waals surface area contributed by atoms with Gasteiger partial charge in [-0.1, -0.05) is 32.0 Å². The quantitative estimate of drug-likeness (QED) is 0.686. The molecule has 0 radical (unpaired) electrons. The monoisotopic (exact) mass is 261 g/mol. The fraction of sp³-hybridized carbons (Fsp3) is 0.647. The zero-order chi connectivity index (χ0) is 13.5. The fourth-order valence-electron chi connectivity index (χ4n) is 2.72. The van der Waals surface area contributed by atoms with Crippen molar-refractivity contribution in [1.82, 2.24) is 4.90 Å². The van der Waals surface area contributed by atoms with E-state index in [0.29, 0.717) is 5.92 Å². The molecule has 19 heavy (non-hydrogen) atoms. The van der Waals surface area contributed by atoms with Crippen LogP contribution in [-0.2, 0) is 0 Å². The lowest BCUT2D eigenvalue weighted by Gasteiger charge is -2.17. The molecule has 1 aliphatic heterocycles. The minimum absolute atomic E-state index is 0.579. The summed E-state index contributed by atoms with van der Waals surface area (Å²) in [7, 11) is 0. The van der Waals surface area contributed by atoms with Crippen molar-refractivity contribution in [3.63, 3.8) is 0 Å². The molecule has 1 fully saturated rings. The second-order valence-electron chi connectivity index (χ2n) is 5.60. The van der Waals surface area contributed by atoms with Crippen molar-refractivity contribution in [3.8, 4) is 5.75 Å². The fourth-order valence-corrected chi connectivity index (χ4v) is 2.72. The molecule has 2 nitrogen and oxygen atoms in total. The molecule has 2 rings (SSSR count). The van der Waals surface area contributed by atoms with Gasteiger partial charge in [-0.05, 0) is 56.3 Å². The van der Waals surface area contributed by atoms with Gasteiger partial charge in [-0.15, -0.1) is 0 Å². The second-order valence-corrected chi connectivity index (χ2v) is 5.60. The van der Waals surface area contributed by atoms with Crippen LogP contribution >= 0.6 is 0 Å². The summed E-state index contributed by atoms with van der Waals surface area (Å²) in [6.07, 6.45) is 5.04. The van der Waals surface area contributed by atoms with Crippen LogP contribution in [0, 0.1) is 0 Å². The van der Waals surface area contributed by atoms with Crippen molar-refractivity contribution < 1.29 is 4.74 Å². The molecular weight excluding hydrogens is 234 g/mol. The zero-order valence-electron chi connectivity index (χ0n) is 12.4. The lowest BCUT2D eigenvalue weighted by atomic mass is 9.98. The van der Waals surface area contributed by atoms with Crippen LogP contribution in [0.25, 0.3) is 0 Å². The molecule has 1 heterocycles. The molecule has 0 spiro atoms. The summed E-state index contributed by atoms with van der Waals surface area (Å²) in [5.41, 5.74) is 1.35. The maximum absolute atomic E-state index is 5.99. The third kappa shape index (κ3) is 4.24. The van der Waals surface area contributed by atoms with Crippen LogP contribution < -0.4 is 4.74 Å². The number of rotatable bonds is 7. The first-order chi connectivity index (χ1) is 9.31. The van der Waals surface area contributed by atoms with E-state index in [9.17, 15) is 0 Å². The SMILES string of the molecule is CC[C@H](C)c1ccccc1OCCCN1CCCC1. The van der Waals surface area contributed by atoms with Crippen LogP contribution in [0.4, 0.5) is 0 Å². The summed E-state index contributed by atoms with van der Waals surface area (Å²) in [5.74, 6) is 1.66. The maximum Gasteiger partial charge on any atom is 0.122 e. The minimum atomic E-state index is 0.579. The molecule has 0 amide bonds. The van der Waals surface area contributed by atoms with Crippen LogP contribution in [-0.4, -0.2) is 31.1 Å². The summed E-state index contributed by atoms with van der Waals surface area (Å²) < 4.78 is 5.99. The summed E-state index contributed by atoms with van der Waals surface area (Å²) >= 11 is 0. The number of ether oxygens (including phenoxy) is 1. The summed E-state index contributed by atoms with van der Waals surface area (Å²) in [4.78, 5) is 2.55. The van der Waals surface area contributed by atoms with Gasteiger partial charge in [0.2, 0.25) is 0 Å². The largest absolute Gasteiger partial charge is 0.493 e. The van der Waals surface area contributed by atoms with Gasteiger partial charge >= 0.3 is 0 Å². The van der Waals surface area contributed by atoms with Crippen molar-refractivity contribution in [2.75, 3.05) is 26.2 Å². The van der Waals surface area contributed by atoms with Crippen molar-refractivity contribution in [2.45, 2.75) is 45.4 Å². The van der Waals surface area contributed by atoms with Crippen LogP contribution in [0.1, 0.15) is 51.0 Å². The number of likely N-dealkylation sites (tertiary alicyclic amines) is 1. The number of nitrogens with zero attached hydrogens (tertiary/aromatic N) is 1. The summed E-state index contributed by atoms with van der Waals surface area (Å²) in [6, 6.07) is 8.49. The second kappa shape index (κ2) is 7.54. The van der Waals surface area contributed by atoms with Crippen molar-refractivity contribution >= 4 is 0 Å². The van der Waals surface area contributed by atoms with E-state index in [2.05, 4.69) is 43.0 Å². The molecular formula is C17H27NO. The van der Waals surface area contributed by atoms with Gasteiger partial charge < -0.3 is 9.64 Å². The Morgan fingerprint density at radius 3 is 2.68 bits per heavy atom. The molecule has 0 N–H and O–H groups in total. The molecule has 0 unspecified atom stereocenters. The highest BCUT2D eigenvalue weighted by molar-refractivity contribution is 5.35. The summed E-state index contributed by atoms with van der Waals surface area (Å²) in [5, 5.41) is 0. The molecule has 0 bridgehead atoms. The first-order valence-electron chi connectivity index (χ1n) is 7.75. The van der Waals surface area contributed by atoms with Gasteiger partial charge in [-0.25, -0.2) is 0 Å². The number of hydrogen-bond donors (Lipinski definition) is 0. The normalized spacial score (nSPS) is 17.6. The van der Waals surface area contributed by atoms with E-state index in [1.54, 1.807) is 0 Å². The van der Waals surface area contributed by atoms with Gasteiger partial charge in [0.05, 0.1) is 6.61 Å². The molecule has 1 aromatic carbocycles. The number of para-hydroxylation sites is 1. The van der Waals surface area contributed by atoms with Gasteiger partial charge in [-0.3, -0.25) is 0 Å². The van der Waals surface area contributed by atoms with E-state index in [1.807, 2.05) is 0 Å². The van der Waals surface area contributed by atoms with E-state index in [1.165, 1.54) is 38.0 Å².